The fourth-order valence-corrected chi connectivity index (χ4v) is 2.03. The molecule has 0 unspecified atom stereocenters. The van der Waals surface area contributed by atoms with Crippen LogP contribution in [0.15, 0.2) is 16.5 Å². The standard InChI is InChI=1S/C15H28N2O/c1-4-6-10-17(11-7-5-2)13-15-9-8-14(18-15)12-16-3/h8-9,16H,4-7,10-13H2,1-3H3. The number of nitrogens with one attached hydrogen (secondary N) is 1. The molecular weight excluding hydrogens is 224 g/mol. The smallest absolute Gasteiger partial charge is 0.118 e. The van der Waals surface area contributed by atoms with E-state index in [9.17, 15) is 0 Å². The van der Waals surface area contributed by atoms with Gasteiger partial charge in [0.05, 0.1) is 13.1 Å². The maximum atomic E-state index is 5.81. The van der Waals surface area contributed by atoms with Gasteiger partial charge in [0.2, 0.25) is 0 Å². The van der Waals surface area contributed by atoms with Crippen molar-refractivity contribution >= 4 is 0 Å². The van der Waals surface area contributed by atoms with Crippen molar-refractivity contribution in [3.63, 3.8) is 0 Å². The second-order valence-corrected chi connectivity index (χ2v) is 4.88. The van der Waals surface area contributed by atoms with E-state index in [0.717, 1.165) is 24.6 Å². The molecular formula is C15H28N2O. The fourth-order valence-electron chi connectivity index (χ4n) is 2.03. The van der Waals surface area contributed by atoms with Gasteiger partial charge in [-0.25, -0.2) is 0 Å². The molecule has 104 valence electrons. The second kappa shape index (κ2) is 9.17. The van der Waals surface area contributed by atoms with Crippen LogP contribution in [0, 0.1) is 0 Å². The van der Waals surface area contributed by atoms with Gasteiger partial charge in [0.1, 0.15) is 11.5 Å². The number of furan rings is 1. The first-order chi connectivity index (χ1) is 8.80. The molecule has 3 heteroatoms. The lowest BCUT2D eigenvalue weighted by Gasteiger charge is -2.20. The third kappa shape index (κ3) is 5.69. The summed E-state index contributed by atoms with van der Waals surface area (Å²) >= 11 is 0. The van der Waals surface area contributed by atoms with Crippen LogP contribution in [0.1, 0.15) is 51.1 Å². The molecule has 0 radical (unpaired) electrons. The molecule has 0 atom stereocenters. The van der Waals surface area contributed by atoms with Gasteiger partial charge >= 0.3 is 0 Å². The summed E-state index contributed by atoms with van der Waals surface area (Å²) in [6.07, 6.45) is 5.05. The topological polar surface area (TPSA) is 28.4 Å². The van der Waals surface area contributed by atoms with Crippen LogP contribution in [-0.4, -0.2) is 25.0 Å². The second-order valence-electron chi connectivity index (χ2n) is 4.88. The highest BCUT2D eigenvalue weighted by Crippen LogP contribution is 2.12. The summed E-state index contributed by atoms with van der Waals surface area (Å²) in [6.45, 7) is 8.61. The van der Waals surface area contributed by atoms with E-state index in [1.807, 2.05) is 7.05 Å². The molecule has 1 N–H and O–H groups in total. The quantitative estimate of drug-likeness (QED) is 0.692. The van der Waals surface area contributed by atoms with E-state index in [1.165, 1.54) is 38.8 Å². The Morgan fingerprint density at radius 3 is 2.22 bits per heavy atom. The van der Waals surface area contributed by atoms with Gasteiger partial charge in [0, 0.05) is 0 Å². The molecule has 18 heavy (non-hydrogen) atoms. The van der Waals surface area contributed by atoms with Crippen molar-refractivity contribution in [2.75, 3.05) is 20.1 Å². The van der Waals surface area contributed by atoms with Gasteiger partial charge in [0.15, 0.2) is 0 Å². The molecule has 0 aliphatic heterocycles. The Kier molecular flexibility index (Phi) is 7.78. The zero-order valence-electron chi connectivity index (χ0n) is 12.2. The lowest BCUT2D eigenvalue weighted by molar-refractivity contribution is 0.234. The van der Waals surface area contributed by atoms with Gasteiger partial charge in [-0.05, 0) is 45.1 Å². The van der Waals surface area contributed by atoms with E-state index >= 15 is 0 Å². The molecule has 0 aliphatic carbocycles. The summed E-state index contributed by atoms with van der Waals surface area (Å²) in [5.41, 5.74) is 0. The molecule has 0 bridgehead atoms. The Hall–Kier alpha value is -0.800. The summed E-state index contributed by atoms with van der Waals surface area (Å²) in [4.78, 5) is 2.51. The van der Waals surface area contributed by atoms with Crippen molar-refractivity contribution in [1.29, 1.82) is 0 Å². The number of hydrogen-bond acceptors (Lipinski definition) is 3. The van der Waals surface area contributed by atoms with Crippen molar-refractivity contribution in [2.24, 2.45) is 0 Å². The van der Waals surface area contributed by atoms with Crippen LogP contribution in [0.25, 0.3) is 0 Å². The maximum Gasteiger partial charge on any atom is 0.118 e. The predicted octanol–water partition coefficient (Wildman–Crippen LogP) is 3.40. The number of rotatable bonds is 10. The van der Waals surface area contributed by atoms with Gasteiger partial charge in [0.25, 0.3) is 0 Å². The van der Waals surface area contributed by atoms with Crippen LogP contribution in [0.3, 0.4) is 0 Å². The Morgan fingerprint density at radius 1 is 1.06 bits per heavy atom. The highest BCUT2D eigenvalue weighted by atomic mass is 16.3. The summed E-state index contributed by atoms with van der Waals surface area (Å²) < 4.78 is 5.81. The molecule has 0 aromatic carbocycles. The Balaban J connectivity index is 2.46. The molecule has 1 rings (SSSR count). The third-order valence-corrected chi connectivity index (χ3v) is 3.10. The van der Waals surface area contributed by atoms with Gasteiger partial charge < -0.3 is 9.73 Å². The van der Waals surface area contributed by atoms with Crippen molar-refractivity contribution in [2.45, 2.75) is 52.6 Å². The van der Waals surface area contributed by atoms with Crippen LogP contribution in [-0.2, 0) is 13.1 Å². The average molecular weight is 252 g/mol. The van der Waals surface area contributed by atoms with E-state index in [-0.39, 0.29) is 0 Å². The highest BCUT2D eigenvalue weighted by molar-refractivity contribution is 5.07. The van der Waals surface area contributed by atoms with Crippen molar-refractivity contribution in [3.8, 4) is 0 Å². The van der Waals surface area contributed by atoms with E-state index in [1.54, 1.807) is 0 Å². The molecule has 1 heterocycles. The van der Waals surface area contributed by atoms with Gasteiger partial charge in [-0.1, -0.05) is 26.7 Å². The SMILES string of the molecule is CCCCN(CCCC)Cc1ccc(CNC)o1. The van der Waals surface area contributed by atoms with E-state index in [4.69, 9.17) is 4.42 Å². The maximum absolute atomic E-state index is 5.81. The van der Waals surface area contributed by atoms with E-state index < -0.39 is 0 Å². The van der Waals surface area contributed by atoms with Crippen LogP contribution in [0.2, 0.25) is 0 Å². The van der Waals surface area contributed by atoms with Crippen LogP contribution in [0.5, 0.6) is 0 Å². The first-order valence-electron chi connectivity index (χ1n) is 7.24. The van der Waals surface area contributed by atoms with Gasteiger partial charge in [-0.2, -0.15) is 0 Å². The third-order valence-electron chi connectivity index (χ3n) is 3.10. The molecule has 0 spiro atoms. The Bertz CT molecular complexity index is 301. The van der Waals surface area contributed by atoms with Gasteiger partial charge in [-0.3, -0.25) is 4.90 Å². The first kappa shape index (κ1) is 15.3. The molecule has 0 saturated carbocycles. The summed E-state index contributed by atoms with van der Waals surface area (Å²) in [5.74, 6) is 2.12. The minimum absolute atomic E-state index is 0.809. The fraction of sp³-hybridized carbons (Fsp3) is 0.733. The molecule has 0 aliphatic rings. The summed E-state index contributed by atoms with van der Waals surface area (Å²) in [6, 6.07) is 4.18. The van der Waals surface area contributed by atoms with Crippen molar-refractivity contribution in [1.82, 2.24) is 10.2 Å². The Labute approximate surface area is 112 Å². The predicted molar refractivity (Wildman–Crippen MR) is 76.6 cm³/mol. The normalized spacial score (nSPS) is 11.3. The summed E-state index contributed by atoms with van der Waals surface area (Å²) in [7, 11) is 1.94. The van der Waals surface area contributed by atoms with Crippen molar-refractivity contribution < 1.29 is 4.42 Å². The molecule has 0 saturated heterocycles. The molecule has 0 fully saturated rings. The lowest BCUT2D eigenvalue weighted by Crippen LogP contribution is -2.25. The van der Waals surface area contributed by atoms with Crippen LogP contribution < -0.4 is 5.32 Å². The number of hydrogen-bond donors (Lipinski definition) is 1. The molecule has 3 nitrogen and oxygen atoms in total. The van der Waals surface area contributed by atoms with Crippen molar-refractivity contribution in [3.05, 3.63) is 23.7 Å². The molecule has 1 aromatic heterocycles. The van der Waals surface area contributed by atoms with Crippen LogP contribution in [0.4, 0.5) is 0 Å². The minimum atomic E-state index is 0.809. The summed E-state index contributed by atoms with van der Waals surface area (Å²) in [5, 5.41) is 3.11. The van der Waals surface area contributed by atoms with Crippen LogP contribution >= 0.6 is 0 Å². The zero-order valence-corrected chi connectivity index (χ0v) is 12.2. The molecule has 0 amide bonds. The Morgan fingerprint density at radius 2 is 1.67 bits per heavy atom. The zero-order chi connectivity index (χ0) is 13.2. The van der Waals surface area contributed by atoms with Gasteiger partial charge in [-0.15, -0.1) is 0 Å². The highest BCUT2D eigenvalue weighted by Gasteiger charge is 2.08. The largest absolute Gasteiger partial charge is 0.463 e. The average Bonchev–Trinajstić information content (AvgIpc) is 2.80. The number of nitrogens with zero attached hydrogens (tertiary/aromatic N) is 1. The first-order valence-corrected chi connectivity index (χ1v) is 7.24. The monoisotopic (exact) mass is 252 g/mol. The molecule has 1 aromatic rings. The van der Waals surface area contributed by atoms with E-state index in [2.05, 4.69) is 36.2 Å². The minimum Gasteiger partial charge on any atom is -0.463 e. The number of unbranched alkanes of at least 4 members (excludes halogenated alkanes) is 2. The van der Waals surface area contributed by atoms with E-state index in [0.29, 0.717) is 0 Å². The lowest BCUT2D eigenvalue weighted by atomic mass is 10.2.